The summed E-state index contributed by atoms with van der Waals surface area (Å²) < 4.78 is 10.5. The Morgan fingerprint density at radius 3 is 2.71 bits per heavy atom. The van der Waals surface area contributed by atoms with Gasteiger partial charge in [0.1, 0.15) is 5.60 Å². The molecule has 7 nitrogen and oxygen atoms in total. The molecule has 7 heteroatoms. The molecule has 2 saturated heterocycles. The summed E-state index contributed by atoms with van der Waals surface area (Å²) in [5, 5.41) is 0. The predicted molar refractivity (Wildman–Crippen MR) is 72.0 cm³/mol. The molecule has 0 aromatic carbocycles. The first-order valence-electron chi connectivity index (χ1n) is 6.97. The number of piperidine rings is 1. The molecule has 0 N–H and O–H groups in total. The molecule has 1 aromatic rings. The number of hydrogen-bond acceptors (Lipinski definition) is 6. The summed E-state index contributed by atoms with van der Waals surface area (Å²) in [6, 6.07) is 0.208. The lowest BCUT2D eigenvalue weighted by atomic mass is 9.87. The Bertz CT molecular complexity index is 552. The number of amides is 1. The minimum Gasteiger partial charge on any atom is -0.467 e. The van der Waals surface area contributed by atoms with Crippen LogP contribution in [0.3, 0.4) is 0 Å². The second-order valence-electron chi connectivity index (χ2n) is 5.30. The van der Waals surface area contributed by atoms with Crippen LogP contribution < -0.4 is 4.74 Å². The monoisotopic (exact) mass is 291 g/mol. The van der Waals surface area contributed by atoms with Crippen LogP contribution in [0.1, 0.15) is 29.6 Å². The van der Waals surface area contributed by atoms with Crippen LogP contribution in [0, 0.1) is 0 Å². The van der Waals surface area contributed by atoms with E-state index in [4.69, 9.17) is 9.47 Å². The number of likely N-dealkylation sites (tertiary alicyclic amines) is 1. The maximum absolute atomic E-state index is 12.4. The highest BCUT2D eigenvalue weighted by atomic mass is 16.5. The highest BCUT2D eigenvalue weighted by Crippen LogP contribution is 2.33. The number of carbonyl (C=O) groups excluding carboxylic acids is 2. The Kier molecular flexibility index (Phi) is 3.59. The lowest BCUT2D eigenvalue weighted by molar-refractivity contribution is -0.144. The molecule has 1 spiro atoms. The molecular weight excluding hydrogens is 274 g/mol. The first-order valence-corrected chi connectivity index (χ1v) is 6.97. The van der Waals surface area contributed by atoms with Crippen molar-refractivity contribution in [3.63, 3.8) is 0 Å². The number of rotatable bonds is 2. The predicted octanol–water partition coefficient (Wildman–Crippen LogP) is 0.449. The highest BCUT2D eigenvalue weighted by molar-refractivity contribution is 5.99. The standard InChI is InChI=1S/C14H17N3O4/c1-20-13-15-7-10(8-16-13)12(19)17-5-4-14(11(18)9-17)3-2-6-21-14/h7-8H,2-6,9H2,1H3/t14-/m1/s1. The third-order valence-electron chi connectivity index (χ3n) is 4.08. The fraction of sp³-hybridized carbons (Fsp3) is 0.571. The van der Waals surface area contributed by atoms with Crippen molar-refractivity contribution in [3.8, 4) is 6.01 Å². The van der Waals surface area contributed by atoms with E-state index < -0.39 is 5.60 Å². The van der Waals surface area contributed by atoms with Crippen LogP contribution in [0.4, 0.5) is 0 Å². The van der Waals surface area contributed by atoms with Gasteiger partial charge in [0.15, 0.2) is 5.78 Å². The first kappa shape index (κ1) is 13.9. The highest BCUT2D eigenvalue weighted by Gasteiger charge is 2.46. The lowest BCUT2D eigenvalue weighted by Gasteiger charge is -2.37. The van der Waals surface area contributed by atoms with E-state index >= 15 is 0 Å². The van der Waals surface area contributed by atoms with Crippen LogP contribution >= 0.6 is 0 Å². The van der Waals surface area contributed by atoms with Crippen molar-refractivity contribution in [1.29, 1.82) is 0 Å². The molecule has 1 atom stereocenters. The zero-order chi connectivity index (χ0) is 14.9. The van der Waals surface area contributed by atoms with Crippen molar-refractivity contribution in [3.05, 3.63) is 18.0 Å². The van der Waals surface area contributed by atoms with E-state index in [1.54, 1.807) is 0 Å². The average molecular weight is 291 g/mol. The van der Waals surface area contributed by atoms with E-state index in [1.807, 2.05) is 0 Å². The number of ketones is 1. The normalized spacial score (nSPS) is 25.4. The summed E-state index contributed by atoms with van der Waals surface area (Å²) in [7, 11) is 1.46. The van der Waals surface area contributed by atoms with Gasteiger partial charge in [-0.1, -0.05) is 0 Å². The Morgan fingerprint density at radius 1 is 1.38 bits per heavy atom. The number of Topliss-reactive ketones (excluding diaryl/α,β-unsaturated/α-hetero) is 1. The van der Waals surface area contributed by atoms with Crippen molar-refractivity contribution in [1.82, 2.24) is 14.9 Å². The lowest BCUT2D eigenvalue weighted by Crippen LogP contribution is -2.53. The van der Waals surface area contributed by atoms with E-state index in [1.165, 1.54) is 24.4 Å². The second kappa shape index (κ2) is 5.40. The summed E-state index contributed by atoms with van der Waals surface area (Å²) in [5.74, 6) is -0.243. The SMILES string of the molecule is COc1ncc(C(=O)N2CC[C@]3(CCCO3)C(=O)C2)cn1. The molecule has 2 aliphatic rings. The molecule has 21 heavy (non-hydrogen) atoms. The molecule has 2 aliphatic heterocycles. The van der Waals surface area contributed by atoms with Crippen molar-refractivity contribution in [2.75, 3.05) is 26.8 Å². The van der Waals surface area contributed by atoms with E-state index in [9.17, 15) is 9.59 Å². The van der Waals surface area contributed by atoms with Gasteiger partial charge < -0.3 is 14.4 Å². The van der Waals surface area contributed by atoms with Gasteiger partial charge in [-0.05, 0) is 12.8 Å². The number of methoxy groups -OCH3 is 1. The van der Waals surface area contributed by atoms with E-state index in [0.29, 0.717) is 25.1 Å². The smallest absolute Gasteiger partial charge is 0.316 e. The van der Waals surface area contributed by atoms with Crippen LogP contribution in [0.5, 0.6) is 6.01 Å². The van der Waals surface area contributed by atoms with Crippen molar-refractivity contribution >= 4 is 11.7 Å². The van der Waals surface area contributed by atoms with Gasteiger partial charge in [0.25, 0.3) is 5.91 Å². The quantitative estimate of drug-likeness (QED) is 0.787. The Balaban J connectivity index is 1.70. The second-order valence-corrected chi connectivity index (χ2v) is 5.30. The summed E-state index contributed by atoms with van der Waals surface area (Å²) in [6.45, 7) is 1.23. The largest absolute Gasteiger partial charge is 0.467 e. The van der Waals surface area contributed by atoms with Crippen molar-refractivity contribution in [2.45, 2.75) is 24.9 Å². The van der Waals surface area contributed by atoms with Crippen LogP contribution in [0.15, 0.2) is 12.4 Å². The van der Waals surface area contributed by atoms with Crippen molar-refractivity contribution < 1.29 is 19.1 Å². The summed E-state index contributed by atoms with van der Waals surface area (Å²) >= 11 is 0. The molecule has 3 rings (SSSR count). The molecule has 0 unspecified atom stereocenters. The third kappa shape index (κ3) is 2.49. The number of nitrogens with zero attached hydrogens (tertiary/aromatic N) is 3. The third-order valence-corrected chi connectivity index (χ3v) is 4.08. The Hall–Kier alpha value is -2.02. The first-order chi connectivity index (χ1) is 10.1. The molecule has 112 valence electrons. The molecule has 1 amide bonds. The molecule has 2 fully saturated rings. The number of hydrogen-bond donors (Lipinski definition) is 0. The molecule has 3 heterocycles. The van der Waals surface area contributed by atoms with Crippen LogP contribution in [-0.4, -0.2) is 59.0 Å². The number of aromatic nitrogens is 2. The van der Waals surface area contributed by atoms with Gasteiger partial charge in [-0.25, -0.2) is 9.97 Å². The maximum Gasteiger partial charge on any atom is 0.316 e. The molecule has 1 aromatic heterocycles. The summed E-state index contributed by atoms with van der Waals surface area (Å²) in [5.41, 5.74) is -0.292. The van der Waals surface area contributed by atoms with Crippen molar-refractivity contribution in [2.24, 2.45) is 0 Å². The van der Waals surface area contributed by atoms with Gasteiger partial charge in [-0.2, -0.15) is 0 Å². The van der Waals surface area contributed by atoms with E-state index in [2.05, 4.69) is 9.97 Å². The Morgan fingerprint density at radius 2 is 2.14 bits per heavy atom. The van der Waals surface area contributed by atoms with Gasteiger partial charge in [-0.15, -0.1) is 0 Å². The van der Waals surface area contributed by atoms with E-state index in [-0.39, 0.29) is 24.2 Å². The van der Waals surface area contributed by atoms with Gasteiger partial charge in [-0.3, -0.25) is 9.59 Å². The molecular formula is C14H17N3O4. The summed E-state index contributed by atoms with van der Waals surface area (Å²) in [6.07, 6.45) is 5.06. The summed E-state index contributed by atoms with van der Waals surface area (Å²) in [4.78, 5) is 34.0. The fourth-order valence-electron chi connectivity index (χ4n) is 2.85. The van der Waals surface area contributed by atoms with Gasteiger partial charge >= 0.3 is 6.01 Å². The molecule has 0 radical (unpaired) electrons. The maximum atomic E-state index is 12.4. The fourth-order valence-corrected chi connectivity index (χ4v) is 2.85. The van der Waals surface area contributed by atoms with E-state index in [0.717, 1.165) is 12.8 Å². The number of carbonyl (C=O) groups is 2. The van der Waals surface area contributed by atoms with Gasteiger partial charge in [0.2, 0.25) is 0 Å². The molecule has 0 bridgehead atoms. The zero-order valence-electron chi connectivity index (χ0n) is 11.9. The van der Waals surface area contributed by atoms with Gasteiger partial charge in [0.05, 0.1) is 19.2 Å². The Labute approximate surface area is 122 Å². The van der Waals surface area contributed by atoms with Crippen LogP contribution in [-0.2, 0) is 9.53 Å². The molecule has 0 aliphatic carbocycles. The minimum atomic E-state index is -0.646. The van der Waals surface area contributed by atoms with Gasteiger partial charge in [0, 0.05) is 32.0 Å². The molecule has 0 saturated carbocycles. The average Bonchev–Trinajstić information content (AvgIpc) is 2.99. The van der Waals surface area contributed by atoms with Crippen LogP contribution in [0.2, 0.25) is 0 Å². The number of ether oxygens (including phenoxy) is 2. The van der Waals surface area contributed by atoms with Crippen LogP contribution in [0.25, 0.3) is 0 Å². The minimum absolute atomic E-state index is 0.00553. The topological polar surface area (TPSA) is 81.6 Å². The zero-order valence-corrected chi connectivity index (χ0v) is 11.9.